The van der Waals surface area contributed by atoms with Gasteiger partial charge in [0.15, 0.2) is 5.82 Å². The third kappa shape index (κ3) is 1.72. The number of aryl methyl sites for hydroxylation is 2. The van der Waals surface area contributed by atoms with Gasteiger partial charge in [0, 0.05) is 19.9 Å². The van der Waals surface area contributed by atoms with E-state index in [1.807, 2.05) is 11.7 Å². The zero-order valence-corrected chi connectivity index (χ0v) is 8.25. The van der Waals surface area contributed by atoms with Crippen LogP contribution in [-0.4, -0.2) is 27.9 Å². The Labute approximate surface area is 78.4 Å². The van der Waals surface area contributed by atoms with Gasteiger partial charge in [-0.2, -0.15) is 5.10 Å². The second-order valence-corrected chi connectivity index (χ2v) is 3.65. The van der Waals surface area contributed by atoms with Crippen molar-refractivity contribution in [1.29, 1.82) is 0 Å². The predicted molar refractivity (Wildman–Crippen MR) is 50.4 cm³/mol. The molecule has 0 saturated carbocycles. The van der Waals surface area contributed by atoms with Crippen LogP contribution in [0.1, 0.15) is 18.6 Å². The Morgan fingerprint density at radius 2 is 2.31 bits per heavy atom. The van der Waals surface area contributed by atoms with Gasteiger partial charge in [-0.05, 0) is 19.0 Å². The summed E-state index contributed by atoms with van der Waals surface area (Å²) < 4.78 is 1.91. The molecule has 1 fully saturated rings. The molecule has 1 saturated heterocycles. The van der Waals surface area contributed by atoms with Crippen LogP contribution in [0.25, 0.3) is 0 Å². The first kappa shape index (κ1) is 8.69. The van der Waals surface area contributed by atoms with Crippen LogP contribution < -0.4 is 5.32 Å². The van der Waals surface area contributed by atoms with Crippen molar-refractivity contribution >= 4 is 0 Å². The minimum Gasteiger partial charge on any atom is -0.316 e. The normalized spacial score (nSPS) is 17.4. The number of rotatable bonds is 3. The summed E-state index contributed by atoms with van der Waals surface area (Å²) in [5.74, 6) is 2.86. The van der Waals surface area contributed by atoms with Gasteiger partial charge in [0.25, 0.3) is 0 Å². The van der Waals surface area contributed by atoms with E-state index in [9.17, 15) is 0 Å². The van der Waals surface area contributed by atoms with Crippen LogP contribution in [0.15, 0.2) is 0 Å². The van der Waals surface area contributed by atoms with Crippen molar-refractivity contribution in [1.82, 2.24) is 20.1 Å². The largest absolute Gasteiger partial charge is 0.316 e. The molecule has 13 heavy (non-hydrogen) atoms. The first-order valence-electron chi connectivity index (χ1n) is 4.89. The Hall–Kier alpha value is -0.900. The average molecular weight is 180 g/mol. The van der Waals surface area contributed by atoms with E-state index in [4.69, 9.17) is 0 Å². The highest BCUT2D eigenvalue weighted by atomic mass is 15.3. The number of nitrogens with zero attached hydrogens (tertiary/aromatic N) is 3. The molecule has 1 N–H and O–H groups in total. The molecule has 1 aliphatic heterocycles. The third-order valence-electron chi connectivity index (χ3n) is 2.55. The molecule has 0 aromatic carbocycles. The standard InChI is InChI=1S/C9H16N4/c1-3-8-11-9(13(2)12-8)4-7-5-10-6-7/h7,10H,3-6H2,1-2H3. The molecule has 2 heterocycles. The van der Waals surface area contributed by atoms with E-state index in [0.29, 0.717) is 0 Å². The highest BCUT2D eigenvalue weighted by molar-refractivity contribution is 4.96. The Balaban J connectivity index is 2.05. The lowest BCUT2D eigenvalue weighted by Gasteiger charge is -2.26. The first-order chi connectivity index (χ1) is 6.29. The molecule has 0 aliphatic carbocycles. The van der Waals surface area contributed by atoms with Crippen LogP contribution in [0.5, 0.6) is 0 Å². The SMILES string of the molecule is CCc1nc(CC2CNC2)n(C)n1. The van der Waals surface area contributed by atoms with Gasteiger partial charge >= 0.3 is 0 Å². The third-order valence-corrected chi connectivity index (χ3v) is 2.55. The molecule has 0 amide bonds. The molecule has 0 bridgehead atoms. The molecule has 1 aliphatic rings. The van der Waals surface area contributed by atoms with Crippen LogP contribution in [0, 0.1) is 5.92 Å². The topological polar surface area (TPSA) is 42.7 Å². The van der Waals surface area contributed by atoms with E-state index < -0.39 is 0 Å². The van der Waals surface area contributed by atoms with Crippen molar-refractivity contribution in [3.8, 4) is 0 Å². The van der Waals surface area contributed by atoms with Crippen molar-refractivity contribution in [2.75, 3.05) is 13.1 Å². The molecule has 0 atom stereocenters. The zero-order chi connectivity index (χ0) is 9.26. The molecule has 1 aromatic heterocycles. The maximum Gasteiger partial charge on any atom is 0.150 e. The summed E-state index contributed by atoms with van der Waals surface area (Å²) in [4.78, 5) is 4.47. The molecule has 1 aromatic rings. The first-order valence-corrected chi connectivity index (χ1v) is 4.89. The van der Waals surface area contributed by atoms with Gasteiger partial charge in [-0.15, -0.1) is 0 Å². The smallest absolute Gasteiger partial charge is 0.150 e. The lowest BCUT2D eigenvalue weighted by atomic mass is 9.99. The van der Waals surface area contributed by atoms with Gasteiger partial charge in [0.2, 0.25) is 0 Å². The van der Waals surface area contributed by atoms with Gasteiger partial charge in [0.1, 0.15) is 5.82 Å². The summed E-state index contributed by atoms with van der Waals surface area (Å²) in [5, 5.41) is 7.59. The maximum atomic E-state index is 4.47. The molecule has 2 rings (SSSR count). The lowest BCUT2D eigenvalue weighted by Crippen LogP contribution is -2.43. The fourth-order valence-corrected chi connectivity index (χ4v) is 1.55. The second-order valence-electron chi connectivity index (χ2n) is 3.65. The van der Waals surface area contributed by atoms with E-state index in [1.165, 1.54) is 0 Å². The number of aromatic nitrogens is 3. The summed E-state index contributed by atoms with van der Waals surface area (Å²) in [7, 11) is 1.98. The molecule has 0 radical (unpaired) electrons. The second kappa shape index (κ2) is 3.46. The zero-order valence-electron chi connectivity index (χ0n) is 8.25. The summed E-state index contributed by atoms with van der Waals surface area (Å²) >= 11 is 0. The number of nitrogens with one attached hydrogen (secondary N) is 1. The molecular formula is C9H16N4. The molecule has 0 unspecified atom stereocenters. The van der Waals surface area contributed by atoms with Gasteiger partial charge in [0.05, 0.1) is 0 Å². The van der Waals surface area contributed by atoms with Crippen LogP contribution in [0.3, 0.4) is 0 Å². The Morgan fingerprint density at radius 1 is 1.54 bits per heavy atom. The Morgan fingerprint density at radius 3 is 2.77 bits per heavy atom. The maximum absolute atomic E-state index is 4.47. The van der Waals surface area contributed by atoms with Crippen molar-refractivity contribution in [2.24, 2.45) is 13.0 Å². The Kier molecular flexibility index (Phi) is 2.31. The van der Waals surface area contributed by atoms with Crippen LogP contribution in [0.2, 0.25) is 0 Å². The van der Waals surface area contributed by atoms with Crippen molar-refractivity contribution in [2.45, 2.75) is 19.8 Å². The quantitative estimate of drug-likeness (QED) is 0.719. The Bertz CT molecular complexity index is 288. The minimum absolute atomic E-state index is 0.771. The van der Waals surface area contributed by atoms with Crippen LogP contribution in [0.4, 0.5) is 0 Å². The van der Waals surface area contributed by atoms with E-state index in [0.717, 1.165) is 43.5 Å². The fourth-order valence-electron chi connectivity index (χ4n) is 1.55. The predicted octanol–water partition coefficient (Wildman–Crippen LogP) is 0.139. The summed E-state index contributed by atoms with van der Waals surface area (Å²) in [6, 6.07) is 0. The summed E-state index contributed by atoms with van der Waals surface area (Å²) in [6.07, 6.45) is 1.99. The minimum atomic E-state index is 0.771. The molecule has 72 valence electrons. The molecule has 0 spiro atoms. The van der Waals surface area contributed by atoms with Crippen molar-refractivity contribution < 1.29 is 0 Å². The summed E-state index contributed by atoms with van der Waals surface area (Å²) in [5.41, 5.74) is 0. The molecular weight excluding hydrogens is 164 g/mol. The highest BCUT2D eigenvalue weighted by Crippen LogP contribution is 2.10. The van der Waals surface area contributed by atoms with Gasteiger partial charge in [-0.1, -0.05) is 6.92 Å². The monoisotopic (exact) mass is 180 g/mol. The van der Waals surface area contributed by atoms with Crippen molar-refractivity contribution in [3.63, 3.8) is 0 Å². The van der Waals surface area contributed by atoms with E-state index in [1.54, 1.807) is 0 Å². The van der Waals surface area contributed by atoms with E-state index in [2.05, 4.69) is 22.3 Å². The van der Waals surface area contributed by atoms with E-state index in [-0.39, 0.29) is 0 Å². The molecule has 4 heteroatoms. The average Bonchev–Trinajstić information content (AvgIpc) is 2.39. The van der Waals surface area contributed by atoms with Gasteiger partial charge in [-0.3, -0.25) is 4.68 Å². The number of hydrogen-bond acceptors (Lipinski definition) is 3. The van der Waals surface area contributed by atoms with Crippen molar-refractivity contribution in [3.05, 3.63) is 11.6 Å². The number of hydrogen-bond donors (Lipinski definition) is 1. The van der Waals surface area contributed by atoms with Crippen LogP contribution >= 0.6 is 0 Å². The summed E-state index contributed by atoms with van der Waals surface area (Å²) in [6.45, 7) is 4.35. The van der Waals surface area contributed by atoms with E-state index >= 15 is 0 Å². The van der Waals surface area contributed by atoms with Gasteiger partial charge < -0.3 is 5.32 Å². The molecule has 4 nitrogen and oxygen atoms in total. The van der Waals surface area contributed by atoms with Crippen LogP contribution in [-0.2, 0) is 19.9 Å². The van der Waals surface area contributed by atoms with Gasteiger partial charge in [-0.25, -0.2) is 4.98 Å². The highest BCUT2D eigenvalue weighted by Gasteiger charge is 2.19. The lowest BCUT2D eigenvalue weighted by molar-refractivity contribution is 0.337. The fraction of sp³-hybridized carbons (Fsp3) is 0.778.